The fraction of sp³-hybridized carbons (Fsp3) is 0.458. The number of anilines is 2. The fourth-order valence-electron chi connectivity index (χ4n) is 5.28. The Labute approximate surface area is 191 Å². The average molecular weight is 456 g/mol. The molecule has 2 aliphatic heterocycles. The molecule has 3 aliphatic rings. The molecule has 7 nitrogen and oxygen atoms in total. The van der Waals surface area contributed by atoms with Crippen molar-refractivity contribution in [3.63, 3.8) is 0 Å². The highest BCUT2D eigenvalue weighted by atomic mass is 19.3. The minimum absolute atomic E-state index is 0.0526. The molecule has 3 heterocycles. The second kappa shape index (κ2) is 7.67. The first-order chi connectivity index (χ1) is 15.7. The van der Waals surface area contributed by atoms with Crippen LogP contribution in [-0.2, 0) is 11.2 Å². The molecule has 3 N–H and O–H groups in total. The molecule has 0 bridgehead atoms. The van der Waals surface area contributed by atoms with E-state index in [1.54, 1.807) is 6.07 Å². The number of fused-ring (bicyclic) bond motifs is 2. The van der Waals surface area contributed by atoms with Crippen molar-refractivity contribution in [2.75, 3.05) is 23.3 Å². The molecule has 2 atom stereocenters. The van der Waals surface area contributed by atoms with Crippen molar-refractivity contribution in [2.45, 2.75) is 44.6 Å². The highest BCUT2D eigenvalue weighted by Gasteiger charge is 2.54. The zero-order chi connectivity index (χ0) is 23.4. The number of nitrogens with one attached hydrogen (secondary N) is 1. The Kier molecular flexibility index (Phi) is 5.02. The lowest BCUT2D eigenvalue weighted by molar-refractivity contribution is -0.111. The van der Waals surface area contributed by atoms with Gasteiger partial charge in [-0.15, -0.1) is 0 Å². The molecule has 1 amide bonds. The largest absolute Gasteiger partial charge is 0.487 e. The average Bonchev–Trinajstić information content (AvgIpc) is 3.40. The molecule has 0 unspecified atom stereocenters. The Morgan fingerprint density at radius 2 is 2.03 bits per heavy atom. The monoisotopic (exact) mass is 455 g/mol. The van der Waals surface area contributed by atoms with E-state index in [9.17, 15) is 13.6 Å². The van der Waals surface area contributed by atoms with Gasteiger partial charge in [0.25, 0.3) is 11.8 Å². The maximum Gasteiger partial charge on any atom is 0.261 e. The Hall–Kier alpha value is -3.23. The van der Waals surface area contributed by atoms with Crippen LogP contribution >= 0.6 is 0 Å². The first-order valence-corrected chi connectivity index (χ1v) is 11.2. The molecule has 0 spiro atoms. The molecule has 1 aromatic heterocycles. The van der Waals surface area contributed by atoms with Crippen LogP contribution in [0.3, 0.4) is 0 Å². The maximum absolute atomic E-state index is 14.4. The molecule has 33 heavy (non-hydrogen) atoms. The van der Waals surface area contributed by atoms with E-state index in [0.717, 1.165) is 11.3 Å². The molecule has 5 rings (SSSR count). The number of nitrogens with zero attached hydrogens (tertiary/aromatic N) is 3. The lowest BCUT2D eigenvalue weighted by atomic mass is 9.99. The van der Waals surface area contributed by atoms with Gasteiger partial charge in [-0.1, -0.05) is 0 Å². The third kappa shape index (κ3) is 3.89. The van der Waals surface area contributed by atoms with Crippen molar-refractivity contribution in [1.82, 2.24) is 9.97 Å². The quantitative estimate of drug-likeness (QED) is 0.685. The summed E-state index contributed by atoms with van der Waals surface area (Å²) in [6.07, 6.45) is 5.37. The third-order valence-electron chi connectivity index (χ3n) is 6.82. The van der Waals surface area contributed by atoms with Gasteiger partial charge < -0.3 is 20.7 Å². The van der Waals surface area contributed by atoms with Crippen LogP contribution in [0.2, 0.25) is 0 Å². The lowest BCUT2D eigenvalue weighted by Gasteiger charge is -2.25. The first-order valence-electron chi connectivity index (χ1n) is 11.2. The lowest BCUT2D eigenvalue weighted by Crippen LogP contribution is -2.29. The van der Waals surface area contributed by atoms with Crippen molar-refractivity contribution in [3.8, 4) is 5.75 Å². The van der Waals surface area contributed by atoms with E-state index in [0.29, 0.717) is 30.8 Å². The van der Waals surface area contributed by atoms with Gasteiger partial charge in [0.1, 0.15) is 11.4 Å². The van der Waals surface area contributed by atoms with Crippen LogP contribution in [0.5, 0.6) is 5.75 Å². The number of halogens is 2. The zero-order valence-corrected chi connectivity index (χ0v) is 18.6. The number of carbonyl (C=O) groups is 1. The van der Waals surface area contributed by atoms with Gasteiger partial charge in [-0.3, -0.25) is 4.79 Å². The number of nitrogens with two attached hydrogens (primary N) is 1. The Bertz CT molecular complexity index is 1120. The van der Waals surface area contributed by atoms with E-state index in [-0.39, 0.29) is 35.9 Å². The van der Waals surface area contributed by atoms with Crippen molar-refractivity contribution in [1.29, 1.82) is 0 Å². The van der Waals surface area contributed by atoms with E-state index >= 15 is 0 Å². The topological polar surface area (TPSA) is 93.4 Å². The molecular weight excluding hydrogens is 428 g/mol. The Morgan fingerprint density at radius 1 is 1.27 bits per heavy atom. The smallest absolute Gasteiger partial charge is 0.261 e. The number of hydrogen-bond acceptors (Lipinski definition) is 6. The van der Waals surface area contributed by atoms with Gasteiger partial charge in [0.05, 0.1) is 16.9 Å². The van der Waals surface area contributed by atoms with Gasteiger partial charge in [0, 0.05) is 62.1 Å². The summed E-state index contributed by atoms with van der Waals surface area (Å²) in [6, 6.07) is 5.39. The van der Waals surface area contributed by atoms with Crippen LogP contribution in [-0.4, -0.2) is 40.5 Å². The van der Waals surface area contributed by atoms with Gasteiger partial charge in [-0.2, -0.15) is 0 Å². The second-order valence-electron chi connectivity index (χ2n) is 9.69. The second-order valence-corrected chi connectivity index (χ2v) is 9.69. The highest BCUT2D eigenvalue weighted by Crippen LogP contribution is 2.51. The normalized spacial score (nSPS) is 24.8. The fourth-order valence-corrected chi connectivity index (χ4v) is 5.28. The van der Waals surface area contributed by atoms with E-state index in [1.807, 2.05) is 30.9 Å². The first kappa shape index (κ1) is 21.6. The summed E-state index contributed by atoms with van der Waals surface area (Å²) in [4.78, 5) is 23.3. The number of alkyl halides is 2. The van der Waals surface area contributed by atoms with Crippen LogP contribution in [0.1, 0.15) is 38.1 Å². The van der Waals surface area contributed by atoms with Gasteiger partial charge in [-0.05, 0) is 38.3 Å². The molecule has 1 saturated heterocycles. The summed E-state index contributed by atoms with van der Waals surface area (Å²) in [5, 5.41) is 2.93. The molecule has 1 aliphatic carbocycles. The van der Waals surface area contributed by atoms with Crippen LogP contribution in [0, 0.1) is 11.8 Å². The van der Waals surface area contributed by atoms with E-state index in [2.05, 4.69) is 15.3 Å². The van der Waals surface area contributed by atoms with Crippen molar-refractivity contribution < 1.29 is 18.3 Å². The third-order valence-corrected chi connectivity index (χ3v) is 6.82. The molecule has 1 saturated carbocycles. The van der Waals surface area contributed by atoms with E-state index in [1.165, 1.54) is 18.6 Å². The number of carbonyl (C=O) groups excluding carboxylic acids is 1. The molecule has 174 valence electrons. The van der Waals surface area contributed by atoms with Crippen LogP contribution in [0.25, 0.3) is 5.57 Å². The summed E-state index contributed by atoms with van der Waals surface area (Å²) in [5.41, 5.74) is 7.64. The summed E-state index contributed by atoms with van der Waals surface area (Å²) in [5.74, 6) is -2.93. The summed E-state index contributed by atoms with van der Waals surface area (Å²) >= 11 is 0. The molecule has 0 radical (unpaired) electrons. The molecule has 2 fully saturated rings. The van der Waals surface area contributed by atoms with Crippen molar-refractivity contribution >= 4 is 22.9 Å². The predicted molar refractivity (Wildman–Crippen MR) is 121 cm³/mol. The predicted octanol–water partition coefficient (Wildman–Crippen LogP) is 3.61. The number of rotatable bonds is 4. The standard InChI is InChI=1S/C24H27F2N5O2/c1-23(2)10-15-8-18(30-22(32)16(11-27)21-28-6-3-7-29-21)19(9-20(15)33-23)31-12-14-4-5-24(25,26)17(14)13-31/h3,6-9,11,14,17H,4-5,10,12-13,27H2,1-2H3,(H,30,32)/t14-,17+/m1/s1. The SMILES string of the molecule is CC1(C)Cc2cc(NC(=O)C(=CN)c3ncccn3)c(N3C[C@H]4CCC(F)(F)[C@H]4C3)cc2O1. The Morgan fingerprint density at radius 3 is 2.73 bits per heavy atom. The molecule has 2 aromatic rings. The number of benzene rings is 1. The van der Waals surface area contributed by atoms with E-state index < -0.39 is 17.7 Å². The highest BCUT2D eigenvalue weighted by molar-refractivity contribution is 6.24. The molecule has 1 aromatic carbocycles. The van der Waals surface area contributed by atoms with Crippen LogP contribution in [0.4, 0.5) is 20.2 Å². The van der Waals surface area contributed by atoms with E-state index in [4.69, 9.17) is 10.5 Å². The summed E-state index contributed by atoms with van der Waals surface area (Å²) in [6.45, 7) is 4.75. The number of aromatic nitrogens is 2. The van der Waals surface area contributed by atoms with Crippen LogP contribution in [0.15, 0.2) is 36.8 Å². The Balaban J connectivity index is 1.48. The van der Waals surface area contributed by atoms with Crippen molar-refractivity contribution in [3.05, 3.63) is 48.2 Å². The number of hydrogen-bond donors (Lipinski definition) is 2. The zero-order valence-electron chi connectivity index (χ0n) is 18.6. The van der Waals surface area contributed by atoms with Crippen LogP contribution < -0.4 is 20.7 Å². The minimum Gasteiger partial charge on any atom is -0.487 e. The van der Waals surface area contributed by atoms with Gasteiger partial charge in [0.2, 0.25) is 0 Å². The number of amides is 1. The molecular formula is C24H27F2N5O2. The van der Waals surface area contributed by atoms with Gasteiger partial charge >= 0.3 is 0 Å². The van der Waals surface area contributed by atoms with Gasteiger partial charge in [0.15, 0.2) is 5.82 Å². The molecule has 9 heteroatoms. The maximum atomic E-state index is 14.4. The van der Waals surface area contributed by atoms with Gasteiger partial charge in [-0.25, -0.2) is 18.7 Å². The number of ether oxygens (including phenoxy) is 1. The van der Waals surface area contributed by atoms with Crippen molar-refractivity contribution in [2.24, 2.45) is 17.6 Å². The summed E-state index contributed by atoms with van der Waals surface area (Å²) < 4.78 is 34.9. The minimum atomic E-state index is -2.65. The summed E-state index contributed by atoms with van der Waals surface area (Å²) in [7, 11) is 0.